The Kier molecular flexibility index (Phi) is 3.75. The standard InChI is InChI=1S/C15H22BrN3O/c1-3-10-14(16)11(19(2)18-10)7-12(20)13-8-4-5-9(6-8)15(13)17/h8-9,13,15H,3-7,17H2,1-2H3. The normalized spacial score (nSPS) is 32.0. The predicted octanol–water partition coefficient (Wildman–Crippen LogP) is 2.23. The maximum atomic E-state index is 12.7. The van der Waals surface area contributed by atoms with E-state index in [9.17, 15) is 4.79 Å². The maximum absolute atomic E-state index is 12.7. The van der Waals surface area contributed by atoms with Crippen molar-refractivity contribution in [2.75, 3.05) is 0 Å². The number of aryl methyl sites for hydroxylation is 2. The first-order valence-corrected chi connectivity index (χ1v) is 8.30. The first-order valence-electron chi connectivity index (χ1n) is 7.51. The zero-order valence-electron chi connectivity index (χ0n) is 12.1. The molecule has 5 heteroatoms. The summed E-state index contributed by atoms with van der Waals surface area (Å²) in [5, 5.41) is 4.46. The molecule has 4 atom stereocenters. The van der Waals surface area contributed by atoms with Crippen molar-refractivity contribution in [2.45, 2.75) is 45.1 Å². The minimum absolute atomic E-state index is 0.0700. The van der Waals surface area contributed by atoms with Gasteiger partial charge in [-0.15, -0.1) is 0 Å². The van der Waals surface area contributed by atoms with Crippen molar-refractivity contribution in [3.05, 3.63) is 15.9 Å². The van der Waals surface area contributed by atoms with Crippen molar-refractivity contribution >= 4 is 21.7 Å². The highest BCUT2D eigenvalue weighted by atomic mass is 79.9. The smallest absolute Gasteiger partial charge is 0.143 e. The molecule has 2 bridgehead atoms. The lowest BCUT2D eigenvalue weighted by Crippen LogP contribution is -2.41. The second-order valence-corrected chi connectivity index (χ2v) is 7.06. The molecule has 2 aliphatic carbocycles. The Morgan fingerprint density at radius 1 is 1.45 bits per heavy atom. The van der Waals surface area contributed by atoms with E-state index >= 15 is 0 Å². The Balaban J connectivity index is 1.78. The number of nitrogens with zero attached hydrogens (tertiary/aromatic N) is 2. The van der Waals surface area contributed by atoms with Crippen LogP contribution in [0.5, 0.6) is 0 Å². The van der Waals surface area contributed by atoms with Crippen LogP contribution in [0.25, 0.3) is 0 Å². The molecule has 3 rings (SSSR count). The van der Waals surface area contributed by atoms with Gasteiger partial charge in [-0.1, -0.05) is 6.92 Å². The number of halogens is 1. The summed E-state index contributed by atoms with van der Waals surface area (Å²) in [7, 11) is 1.91. The molecule has 1 aromatic rings. The Bertz CT molecular complexity index is 537. The van der Waals surface area contributed by atoms with Gasteiger partial charge in [-0.3, -0.25) is 9.48 Å². The molecule has 110 valence electrons. The largest absolute Gasteiger partial charge is 0.327 e. The third kappa shape index (κ3) is 2.15. The van der Waals surface area contributed by atoms with Crippen molar-refractivity contribution in [1.29, 1.82) is 0 Å². The molecule has 2 aliphatic rings. The lowest BCUT2D eigenvalue weighted by molar-refractivity contribution is -0.124. The minimum atomic E-state index is 0.0700. The van der Waals surface area contributed by atoms with Crippen molar-refractivity contribution in [1.82, 2.24) is 9.78 Å². The third-order valence-electron chi connectivity index (χ3n) is 5.20. The predicted molar refractivity (Wildman–Crippen MR) is 81.3 cm³/mol. The number of hydrogen-bond donors (Lipinski definition) is 1. The fourth-order valence-electron chi connectivity index (χ4n) is 4.11. The van der Waals surface area contributed by atoms with Gasteiger partial charge in [-0.2, -0.15) is 5.10 Å². The lowest BCUT2D eigenvalue weighted by atomic mass is 9.81. The number of rotatable bonds is 4. The summed E-state index contributed by atoms with van der Waals surface area (Å²) in [5.41, 5.74) is 8.28. The molecule has 20 heavy (non-hydrogen) atoms. The average Bonchev–Trinajstić information content (AvgIpc) is 3.07. The molecule has 0 spiro atoms. The average molecular weight is 340 g/mol. The fourth-order valence-corrected chi connectivity index (χ4v) is 4.86. The lowest BCUT2D eigenvalue weighted by Gasteiger charge is -2.26. The molecule has 0 saturated heterocycles. The summed E-state index contributed by atoms with van der Waals surface area (Å²) in [6.07, 6.45) is 4.87. The van der Waals surface area contributed by atoms with E-state index in [2.05, 4.69) is 28.0 Å². The number of hydrogen-bond acceptors (Lipinski definition) is 3. The zero-order valence-corrected chi connectivity index (χ0v) is 13.7. The van der Waals surface area contributed by atoms with Gasteiger partial charge in [0.1, 0.15) is 5.78 Å². The van der Waals surface area contributed by atoms with Gasteiger partial charge in [-0.25, -0.2) is 0 Å². The van der Waals surface area contributed by atoms with Crippen molar-refractivity contribution in [3.8, 4) is 0 Å². The molecule has 2 fully saturated rings. The Hall–Kier alpha value is -0.680. The van der Waals surface area contributed by atoms with Crippen LogP contribution in [0.3, 0.4) is 0 Å². The number of nitrogens with two attached hydrogens (primary N) is 1. The topological polar surface area (TPSA) is 60.9 Å². The third-order valence-corrected chi connectivity index (χ3v) is 6.11. The van der Waals surface area contributed by atoms with Gasteiger partial charge >= 0.3 is 0 Å². The summed E-state index contributed by atoms with van der Waals surface area (Å²) >= 11 is 3.59. The van der Waals surface area contributed by atoms with Crippen molar-refractivity contribution < 1.29 is 4.79 Å². The first kappa shape index (κ1) is 14.3. The van der Waals surface area contributed by atoms with Gasteiger partial charge in [-0.05, 0) is 53.4 Å². The summed E-state index contributed by atoms with van der Waals surface area (Å²) in [6.45, 7) is 2.07. The summed E-state index contributed by atoms with van der Waals surface area (Å²) < 4.78 is 2.83. The number of Topliss-reactive ketones (excluding diaryl/α,β-unsaturated/α-hetero) is 1. The number of ketones is 1. The summed E-state index contributed by atoms with van der Waals surface area (Å²) in [5.74, 6) is 1.48. The Labute approximate surface area is 128 Å². The fraction of sp³-hybridized carbons (Fsp3) is 0.733. The molecule has 1 heterocycles. The molecule has 0 amide bonds. The van der Waals surface area contributed by atoms with Gasteiger partial charge in [0.25, 0.3) is 0 Å². The van der Waals surface area contributed by atoms with Crippen LogP contribution in [0.1, 0.15) is 37.6 Å². The van der Waals surface area contributed by atoms with E-state index in [1.807, 2.05) is 11.7 Å². The summed E-state index contributed by atoms with van der Waals surface area (Å²) in [4.78, 5) is 12.7. The highest BCUT2D eigenvalue weighted by molar-refractivity contribution is 9.10. The number of fused-ring (bicyclic) bond motifs is 2. The molecule has 1 aromatic heterocycles. The van der Waals surface area contributed by atoms with Gasteiger partial charge in [0.05, 0.1) is 15.9 Å². The number of carbonyl (C=O) groups is 1. The Morgan fingerprint density at radius 2 is 2.15 bits per heavy atom. The van der Waals surface area contributed by atoms with Crippen LogP contribution in [0.15, 0.2) is 4.47 Å². The molecular weight excluding hydrogens is 318 g/mol. The molecule has 0 radical (unpaired) electrons. The highest BCUT2D eigenvalue weighted by Gasteiger charge is 2.48. The van der Waals surface area contributed by atoms with Crippen LogP contribution in [0, 0.1) is 17.8 Å². The van der Waals surface area contributed by atoms with Gasteiger partial charge in [0.15, 0.2) is 0 Å². The van der Waals surface area contributed by atoms with Gasteiger partial charge < -0.3 is 5.73 Å². The number of aromatic nitrogens is 2. The zero-order chi connectivity index (χ0) is 14.4. The van der Waals surface area contributed by atoms with E-state index in [1.165, 1.54) is 12.8 Å². The molecule has 0 aliphatic heterocycles. The van der Waals surface area contributed by atoms with Crippen LogP contribution in [-0.2, 0) is 24.7 Å². The van der Waals surface area contributed by atoms with Crippen molar-refractivity contribution in [2.24, 2.45) is 30.5 Å². The van der Waals surface area contributed by atoms with Crippen LogP contribution in [0.2, 0.25) is 0 Å². The SMILES string of the molecule is CCc1nn(C)c(CC(=O)C2C3CCC(C3)C2N)c1Br. The quantitative estimate of drug-likeness (QED) is 0.914. The minimum Gasteiger partial charge on any atom is -0.327 e. The van der Waals surface area contributed by atoms with Gasteiger partial charge in [0, 0.05) is 25.4 Å². The molecular formula is C15H22BrN3O. The Morgan fingerprint density at radius 3 is 2.70 bits per heavy atom. The second-order valence-electron chi connectivity index (χ2n) is 6.26. The van der Waals surface area contributed by atoms with Crippen molar-refractivity contribution in [3.63, 3.8) is 0 Å². The number of carbonyl (C=O) groups excluding carboxylic acids is 1. The van der Waals surface area contributed by atoms with Crippen LogP contribution in [-0.4, -0.2) is 21.6 Å². The van der Waals surface area contributed by atoms with E-state index in [-0.39, 0.29) is 12.0 Å². The van der Waals surface area contributed by atoms with E-state index in [1.54, 1.807) is 0 Å². The highest BCUT2D eigenvalue weighted by Crippen LogP contribution is 2.48. The molecule has 2 N–H and O–H groups in total. The van der Waals surface area contributed by atoms with Crippen LogP contribution >= 0.6 is 15.9 Å². The van der Waals surface area contributed by atoms with Gasteiger partial charge in [0.2, 0.25) is 0 Å². The molecule has 2 saturated carbocycles. The van der Waals surface area contributed by atoms with E-state index in [4.69, 9.17) is 5.73 Å². The molecule has 4 nitrogen and oxygen atoms in total. The van der Waals surface area contributed by atoms with E-state index < -0.39 is 0 Å². The molecule has 4 unspecified atom stereocenters. The monoisotopic (exact) mass is 339 g/mol. The van der Waals surface area contributed by atoms with E-state index in [0.29, 0.717) is 24.0 Å². The van der Waals surface area contributed by atoms with E-state index in [0.717, 1.165) is 28.7 Å². The summed E-state index contributed by atoms with van der Waals surface area (Å²) in [6, 6.07) is 0.0823. The first-order chi connectivity index (χ1) is 9.52. The maximum Gasteiger partial charge on any atom is 0.143 e. The second kappa shape index (κ2) is 5.26. The molecule has 0 aromatic carbocycles. The van der Waals surface area contributed by atoms with Crippen LogP contribution in [0.4, 0.5) is 0 Å². The van der Waals surface area contributed by atoms with Crippen LogP contribution < -0.4 is 5.73 Å².